The molecule has 0 radical (unpaired) electrons. The van der Waals surface area contributed by atoms with E-state index in [9.17, 15) is 5.11 Å². The van der Waals surface area contributed by atoms with Gasteiger partial charge in [-0.2, -0.15) is 0 Å². The van der Waals surface area contributed by atoms with Gasteiger partial charge in [0.25, 0.3) is 0 Å². The molecule has 0 aromatic heterocycles. The Bertz CT molecular complexity index is 125. The number of hydrogen-bond donors (Lipinski definition) is 1. The van der Waals surface area contributed by atoms with Crippen LogP contribution in [0.25, 0.3) is 0 Å². The molecule has 1 aliphatic rings. The molecule has 0 saturated heterocycles. The fraction of sp³-hybridized carbons (Fsp3) is 1.00. The quantitative estimate of drug-likeness (QED) is 0.648. The molecule has 2 atom stereocenters. The minimum Gasteiger partial charge on any atom is -0.391 e. The van der Waals surface area contributed by atoms with Gasteiger partial charge < -0.3 is 10.0 Å². The average molecular weight is 171 g/mol. The molecule has 12 heavy (non-hydrogen) atoms. The average Bonchev–Trinajstić information content (AvgIpc) is 1.96. The van der Waals surface area contributed by atoms with Crippen LogP contribution >= 0.6 is 0 Å². The van der Waals surface area contributed by atoms with Gasteiger partial charge in [0.1, 0.15) is 0 Å². The van der Waals surface area contributed by atoms with Crippen molar-refractivity contribution < 1.29 is 5.11 Å². The van der Waals surface area contributed by atoms with E-state index in [-0.39, 0.29) is 6.10 Å². The first-order valence-corrected chi connectivity index (χ1v) is 5.06. The lowest BCUT2D eigenvalue weighted by Crippen LogP contribution is -2.39. The predicted molar refractivity (Wildman–Crippen MR) is 51.2 cm³/mol. The van der Waals surface area contributed by atoms with Gasteiger partial charge in [-0.15, -0.1) is 0 Å². The van der Waals surface area contributed by atoms with Gasteiger partial charge in [0, 0.05) is 6.04 Å². The Kier molecular flexibility index (Phi) is 4.02. The molecular weight excluding hydrogens is 150 g/mol. The third-order valence-electron chi connectivity index (χ3n) is 2.86. The van der Waals surface area contributed by atoms with E-state index in [4.69, 9.17) is 0 Å². The maximum atomic E-state index is 9.80. The summed E-state index contributed by atoms with van der Waals surface area (Å²) in [6.45, 7) is 0. The van der Waals surface area contributed by atoms with Crippen molar-refractivity contribution in [1.29, 1.82) is 0 Å². The van der Waals surface area contributed by atoms with Gasteiger partial charge in [0.15, 0.2) is 0 Å². The van der Waals surface area contributed by atoms with Crippen molar-refractivity contribution in [2.75, 3.05) is 14.1 Å². The molecule has 1 N–H and O–H groups in total. The molecule has 1 fully saturated rings. The Balaban J connectivity index is 2.43. The zero-order chi connectivity index (χ0) is 8.97. The molecule has 0 aromatic rings. The highest BCUT2D eigenvalue weighted by Crippen LogP contribution is 2.20. The molecule has 0 bridgehead atoms. The van der Waals surface area contributed by atoms with Crippen molar-refractivity contribution in [1.82, 2.24) is 4.90 Å². The maximum Gasteiger partial charge on any atom is 0.0695 e. The molecule has 2 heteroatoms. The van der Waals surface area contributed by atoms with Gasteiger partial charge in [0.2, 0.25) is 0 Å². The third-order valence-corrected chi connectivity index (χ3v) is 2.86. The fourth-order valence-electron chi connectivity index (χ4n) is 2.05. The summed E-state index contributed by atoms with van der Waals surface area (Å²) in [5.41, 5.74) is 0. The van der Waals surface area contributed by atoms with Gasteiger partial charge in [-0.1, -0.05) is 25.7 Å². The van der Waals surface area contributed by atoms with Crippen LogP contribution in [0.3, 0.4) is 0 Å². The van der Waals surface area contributed by atoms with Crippen LogP contribution in [0.4, 0.5) is 0 Å². The molecule has 0 spiro atoms. The first-order valence-electron chi connectivity index (χ1n) is 5.06. The van der Waals surface area contributed by atoms with Gasteiger partial charge in [-0.3, -0.25) is 0 Å². The van der Waals surface area contributed by atoms with Crippen LogP contribution in [0.1, 0.15) is 38.5 Å². The smallest absolute Gasteiger partial charge is 0.0695 e. The topological polar surface area (TPSA) is 23.5 Å². The van der Waals surface area contributed by atoms with Crippen LogP contribution in [0, 0.1) is 0 Å². The lowest BCUT2D eigenvalue weighted by atomic mass is 9.94. The Labute approximate surface area is 75.6 Å². The second-order valence-corrected chi connectivity index (χ2v) is 4.09. The second-order valence-electron chi connectivity index (χ2n) is 4.09. The van der Waals surface area contributed by atoms with E-state index in [0.717, 1.165) is 12.8 Å². The van der Waals surface area contributed by atoms with Crippen molar-refractivity contribution in [3.05, 3.63) is 0 Å². The van der Waals surface area contributed by atoms with E-state index in [1.165, 1.54) is 25.7 Å². The van der Waals surface area contributed by atoms with E-state index in [2.05, 4.69) is 19.0 Å². The molecule has 0 amide bonds. The highest BCUT2D eigenvalue weighted by atomic mass is 16.3. The summed E-state index contributed by atoms with van der Waals surface area (Å²) in [5.74, 6) is 0. The number of rotatable bonds is 1. The largest absolute Gasteiger partial charge is 0.391 e. The minimum atomic E-state index is -0.0969. The number of nitrogens with zero attached hydrogens (tertiary/aromatic N) is 1. The van der Waals surface area contributed by atoms with Crippen LogP contribution in [0.15, 0.2) is 0 Å². The standard InChI is InChI=1S/C10H21NO/c1-11(2)9-7-5-3-4-6-8-10(9)12/h9-10,12H,3-8H2,1-2H3. The number of likely N-dealkylation sites (N-methyl/N-ethyl adjacent to an activating group) is 1. The van der Waals surface area contributed by atoms with Crippen LogP contribution in [0.2, 0.25) is 0 Å². The Morgan fingerprint density at radius 3 is 2.17 bits per heavy atom. The highest BCUT2D eigenvalue weighted by molar-refractivity contribution is 4.77. The van der Waals surface area contributed by atoms with E-state index in [0.29, 0.717) is 6.04 Å². The lowest BCUT2D eigenvalue weighted by molar-refractivity contribution is 0.0559. The zero-order valence-electron chi connectivity index (χ0n) is 8.29. The number of aliphatic hydroxyl groups excluding tert-OH is 1. The SMILES string of the molecule is CN(C)C1CCCCCCC1O. The molecule has 2 unspecified atom stereocenters. The van der Waals surface area contributed by atoms with E-state index < -0.39 is 0 Å². The Hall–Kier alpha value is -0.0800. The second kappa shape index (κ2) is 4.83. The Morgan fingerprint density at radius 1 is 1.00 bits per heavy atom. The summed E-state index contributed by atoms with van der Waals surface area (Å²) in [6.07, 6.45) is 7.18. The van der Waals surface area contributed by atoms with Gasteiger partial charge in [0.05, 0.1) is 6.10 Å². The lowest BCUT2D eigenvalue weighted by Gasteiger charge is -2.30. The van der Waals surface area contributed by atoms with E-state index in [1.54, 1.807) is 0 Å². The normalized spacial score (nSPS) is 33.0. The van der Waals surface area contributed by atoms with Gasteiger partial charge >= 0.3 is 0 Å². The van der Waals surface area contributed by atoms with Crippen molar-refractivity contribution in [2.45, 2.75) is 50.7 Å². The maximum absolute atomic E-state index is 9.80. The van der Waals surface area contributed by atoms with Crippen LogP contribution in [-0.2, 0) is 0 Å². The van der Waals surface area contributed by atoms with Gasteiger partial charge in [-0.25, -0.2) is 0 Å². The predicted octanol–water partition coefficient (Wildman–Crippen LogP) is 1.63. The zero-order valence-corrected chi connectivity index (χ0v) is 8.29. The molecule has 1 rings (SSSR count). The first-order chi connectivity index (χ1) is 5.72. The summed E-state index contributed by atoms with van der Waals surface area (Å²) >= 11 is 0. The molecule has 0 aliphatic heterocycles. The van der Waals surface area contributed by atoms with Crippen LogP contribution < -0.4 is 0 Å². The monoisotopic (exact) mass is 171 g/mol. The van der Waals surface area contributed by atoms with Crippen molar-refractivity contribution in [3.8, 4) is 0 Å². The van der Waals surface area contributed by atoms with E-state index in [1.807, 2.05) is 0 Å². The summed E-state index contributed by atoms with van der Waals surface area (Å²) in [6, 6.07) is 0.394. The molecule has 0 heterocycles. The summed E-state index contributed by atoms with van der Waals surface area (Å²) < 4.78 is 0. The Morgan fingerprint density at radius 2 is 1.58 bits per heavy atom. The van der Waals surface area contributed by atoms with Crippen molar-refractivity contribution in [3.63, 3.8) is 0 Å². The molecule has 1 saturated carbocycles. The molecule has 72 valence electrons. The first kappa shape index (κ1) is 10.0. The molecule has 0 aromatic carbocycles. The number of hydrogen-bond acceptors (Lipinski definition) is 2. The third kappa shape index (κ3) is 2.76. The molecular formula is C10H21NO. The number of aliphatic hydroxyl groups is 1. The summed E-state index contributed by atoms with van der Waals surface area (Å²) in [7, 11) is 4.13. The van der Waals surface area contributed by atoms with E-state index >= 15 is 0 Å². The summed E-state index contributed by atoms with van der Waals surface area (Å²) in [5, 5.41) is 9.80. The molecule has 2 nitrogen and oxygen atoms in total. The van der Waals surface area contributed by atoms with Crippen LogP contribution in [-0.4, -0.2) is 36.2 Å². The highest BCUT2D eigenvalue weighted by Gasteiger charge is 2.21. The fourth-order valence-corrected chi connectivity index (χ4v) is 2.05. The summed E-state index contributed by atoms with van der Waals surface area (Å²) in [4.78, 5) is 2.16. The van der Waals surface area contributed by atoms with Crippen molar-refractivity contribution >= 4 is 0 Å². The minimum absolute atomic E-state index is 0.0969. The van der Waals surface area contributed by atoms with Crippen LogP contribution in [0.5, 0.6) is 0 Å². The van der Waals surface area contributed by atoms with Gasteiger partial charge in [-0.05, 0) is 26.9 Å². The van der Waals surface area contributed by atoms with Crippen molar-refractivity contribution in [2.24, 2.45) is 0 Å². The molecule has 1 aliphatic carbocycles.